The normalized spacial score (nSPS) is 14.3. The van der Waals surface area contributed by atoms with Crippen LogP contribution < -0.4 is 0 Å². The van der Waals surface area contributed by atoms with Crippen LogP contribution in [0.25, 0.3) is 11.3 Å². The smallest absolute Gasteiger partial charge is 0.409 e. The molecule has 1 aliphatic rings. The van der Waals surface area contributed by atoms with Gasteiger partial charge in [0.25, 0.3) is 0 Å². The van der Waals surface area contributed by atoms with Crippen molar-refractivity contribution in [3.8, 4) is 11.3 Å². The fourth-order valence-corrected chi connectivity index (χ4v) is 3.08. The Kier molecular flexibility index (Phi) is 7.02. The fraction of sp³-hybridized carbons (Fsp3) is 0.476. The molecule has 1 fully saturated rings. The van der Waals surface area contributed by atoms with E-state index in [0.717, 1.165) is 12.1 Å². The maximum atomic E-state index is 13.9. The summed E-state index contributed by atoms with van der Waals surface area (Å²) in [5, 5.41) is 0. The number of hydrogen-bond donors (Lipinski definition) is 0. The van der Waals surface area contributed by atoms with Gasteiger partial charge in [0.1, 0.15) is 11.6 Å². The molecule has 7 nitrogen and oxygen atoms in total. The van der Waals surface area contributed by atoms with Crippen molar-refractivity contribution >= 4 is 12.0 Å². The van der Waals surface area contributed by atoms with Gasteiger partial charge in [-0.25, -0.2) is 18.6 Å². The number of aryl methyl sites for hydroxylation is 1. The van der Waals surface area contributed by atoms with Crippen molar-refractivity contribution in [2.24, 2.45) is 5.92 Å². The fourth-order valence-electron chi connectivity index (χ4n) is 3.08. The average molecular weight is 421 g/mol. The molecule has 0 N–H and O–H groups in total. The molecule has 1 aromatic carbocycles. The Balaban J connectivity index is 1.46. The Morgan fingerprint density at radius 2 is 1.87 bits per heavy atom. The summed E-state index contributed by atoms with van der Waals surface area (Å²) in [5.41, 5.74) is 0.113. The minimum absolute atomic E-state index is 0.0714. The molecule has 2 heterocycles. The van der Waals surface area contributed by atoms with Crippen molar-refractivity contribution in [3.05, 3.63) is 41.9 Å². The summed E-state index contributed by atoms with van der Waals surface area (Å²) < 4.78 is 37.6. The van der Waals surface area contributed by atoms with Gasteiger partial charge in [-0.3, -0.25) is 4.79 Å². The molecule has 0 radical (unpaired) electrons. The largest absolute Gasteiger partial charge is 0.449 e. The number of oxazole rings is 1. The van der Waals surface area contributed by atoms with Gasteiger partial charge in [0.2, 0.25) is 5.91 Å². The number of benzene rings is 1. The molecule has 1 aliphatic heterocycles. The van der Waals surface area contributed by atoms with Crippen LogP contribution in [-0.2, 0) is 16.0 Å². The maximum Gasteiger partial charge on any atom is 0.409 e. The summed E-state index contributed by atoms with van der Waals surface area (Å²) in [7, 11) is 0. The van der Waals surface area contributed by atoms with E-state index in [1.54, 1.807) is 9.80 Å². The summed E-state index contributed by atoms with van der Waals surface area (Å²) in [6, 6.07) is 3.20. The van der Waals surface area contributed by atoms with Gasteiger partial charge in [0, 0.05) is 45.1 Å². The standard InChI is InChI=1S/C21H25F2N3O4/c1-14(2)13-29-21(28)26-9-7-25(8-10-26)20(27)6-5-19-24-12-18(30-19)16-4-3-15(22)11-17(16)23/h3-4,11-12,14H,5-10,13H2,1-2H3. The number of ether oxygens (including phenoxy) is 1. The van der Waals surface area contributed by atoms with Crippen molar-refractivity contribution in [2.45, 2.75) is 26.7 Å². The van der Waals surface area contributed by atoms with E-state index >= 15 is 0 Å². The van der Waals surface area contributed by atoms with Crippen LogP contribution in [0.3, 0.4) is 0 Å². The summed E-state index contributed by atoms with van der Waals surface area (Å²) in [5.74, 6) is -0.722. The Morgan fingerprint density at radius 3 is 2.53 bits per heavy atom. The Morgan fingerprint density at radius 1 is 1.17 bits per heavy atom. The lowest BCUT2D eigenvalue weighted by atomic mass is 10.2. The molecular weight excluding hydrogens is 396 g/mol. The number of amides is 2. The van der Waals surface area contributed by atoms with Gasteiger partial charge in [-0.05, 0) is 18.1 Å². The van der Waals surface area contributed by atoms with Gasteiger partial charge in [-0.1, -0.05) is 13.8 Å². The molecule has 0 saturated carbocycles. The molecule has 2 amide bonds. The van der Waals surface area contributed by atoms with Crippen LogP contribution in [0, 0.1) is 17.6 Å². The molecule has 1 saturated heterocycles. The first-order valence-corrected chi connectivity index (χ1v) is 9.93. The Hall–Kier alpha value is -2.97. The van der Waals surface area contributed by atoms with Crippen molar-refractivity contribution in [1.29, 1.82) is 0 Å². The van der Waals surface area contributed by atoms with Crippen molar-refractivity contribution in [1.82, 2.24) is 14.8 Å². The molecule has 2 aromatic rings. The number of hydrogen-bond acceptors (Lipinski definition) is 5. The van der Waals surface area contributed by atoms with Gasteiger partial charge < -0.3 is 19.0 Å². The number of halogens is 2. The average Bonchev–Trinajstić information content (AvgIpc) is 3.19. The van der Waals surface area contributed by atoms with E-state index in [0.29, 0.717) is 38.7 Å². The van der Waals surface area contributed by atoms with Crippen molar-refractivity contribution in [3.63, 3.8) is 0 Å². The molecule has 1 aromatic heterocycles. The molecule has 9 heteroatoms. The predicted octanol–water partition coefficient (Wildman–Crippen LogP) is 3.49. The lowest BCUT2D eigenvalue weighted by molar-refractivity contribution is -0.132. The second-order valence-corrected chi connectivity index (χ2v) is 7.58. The third-order valence-corrected chi connectivity index (χ3v) is 4.73. The molecule has 0 spiro atoms. The third-order valence-electron chi connectivity index (χ3n) is 4.73. The third kappa shape index (κ3) is 5.55. The van der Waals surface area contributed by atoms with E-state index in [9.17, 15) is 18.4 Å². The van der Waals surface area contributed by atoms with Crippen molar-refractivity contribution in [2.75, 3.05) is 32.8 Å². The molecule has 162 valence electrons. The lowest BCUT2D eigenvalue weighted by Gasteiger charge is -2.34. The predicted molar refractivity (Wildman–Crippen MR) is 105 cm³/mol. The SMILES string of the molecule is CC(C)COC(=O)N1CCN(C(=O)CCc2ncc(-c3ccc(F)cc3F)o2)CC1. The number of piperazine rings is 1. The number of carbonyl (C=O) groups excluding carboxylic acids is 2. The van der Waals surface area contributed by atoms with Crippen molar-refractivity contribution < 1.29 is 27.5 Å². The van der Waals surface area contributed by atoms with Crippen LogP contribution in [-0.4, -0.2) is 59.6 Å². The van der Waals surface area contributed by atoms with Gasteiger partial charge in [0.05, 0.1) is 18.4 Å². The van der Waals surface area contributed by atoms with Gasteiger partial charge in [0.15, 0.2) is 11.7 Å². The van der Waals surface area contributed by atoms with E-state index in [2.05, 4.69) is 4.98 Å². The highest BCUT2D eigenvalue weighted by Gasteiger charge is 2.25. The van der Waals surface area contributed by atoms with Gasteiger partial charge in [-0.15, -0.1) is 0 Å². The Bertz CT molecular complexity index is 892. The van der Waals surface area contributed by atoms with E-state index in [1.165, 1.54) is 12.3 Å². The zero-order valence-electron chi connectivity index (χ0n) is 17.1. The second-order valence-electron chi connectivity index (χ2n) is 7.58. The summed E-state index contributed by atoms with van der Waals surface area (Å²) in [6.45, 7) is 6.04. The minimum atomic E-state index is -0.737. The van der Waals surface area contributed by atoms with Crippen LogP contribution in [0.5, 0.6) is 0 Å². The van der Waals surface area contributed by atoms with Crippen LogP contribution >= 0.6 is 0 Å². The maximum absolute atomic E-state index is 13.9. The van der Waals surface area contributed by atoms with Crippen LogP contribution in [0.15, 0.2) is 28.8 Å². The highest BCUT2D eigenvalue weighted by atomic mass is 19.1. The van der Waals surface area contributed by atoms with Crippen LogP contribution in [0.4, 0.5) is 13.6 Å². The molecule has 3 rings (SSSR count). The first-order valence-electron chi connectivity index (χ1n) is 9.93. The van der Waals surface area contributed by atoms with E-state index in [-0.39, 0.29) is 42.1 Å². The van der Waals surface area contributed by atoms with E-state index < -0.39 is 11.6 Å². The van der Waals surface area contributed by atoms with E-state index in [1.807, 2.05) is 13.8 Å². The molecule has 0 bridgehead atoms. The number of nitrogens with zero attached hydrogens (tertiary/aromatic N) is 3. The second kappa shape index (κ2) is 9.69. The molecule has 0 aliphatic carbocycles. The summed E-state index contributed by atoms with van der Waals surface area (Å²) >= 11 is 0. The van der Waals surface area contributed by atoms with Gasteiger partial charge >= 0.3 is 6.09 Å². The topological polar surface area (TPSA) is 75.9 Å². The molecule has 0 atom stereocenters. The quantitative estimate of drug-likeness (QED) is 0.714. The summed E-state index contributed by atoms with van der Waals surface area (Å²) in [6.07, 6.45) is 1.45. The first kappa shape index (κ1) is 21.7. The van der Waals surface area contributed by atoms with Crippen LogP contribution in [0.2, 0.25) is 0 Å². The Labute approximate surface area is 173 Å². The van der Waals surface area contributed by atoms with Crippen LogP contribution in [0.1, 0.15) is 26.2 Å². The number of rotatable bonds is 6. The number of aromatic nitrogens is 1. The summed E-state index contributed by atoms with van der Waals surface area (Å²) in [4.78, 5) is 31.8. The lowest BCUT2D eigenvalue weighted by Crippen LogP contribution is -2.50. The highest BCUT2D eigenvalue weighted by Crippen LogP contribution is 2.24. The van der Waals surface area contributed by atoms with Gasteiger partial charge in [-0.2, -0.15) is 0 Å². The highest BCUT2D eigenvalue weighted by molar-refractivity contribution is 5.77. The molecule has 30 heavy (non-hydrogen) atoms. The zero-order valence-corrected chi connectivity index (χ0v) is 17.1. The molecular formula is C21H25F2N3O4. The van der Waals surface area contributed by atoms with E-state index in [4.69, 9.17) is 9.15 Å². The monoisotopic (exact) mass is 421 g/mol. The zero-order chi connectivity index (χ0) is 21.7. The molecule has 0 unspecified atom stereocenters. The number of carbonyl (C=O) groups is 2. The minimum Gasteiger partial charge on any atom is -0.449 e. The first-order chi connectivity index (χ1) is 14.3.